The summed E-state index contributed by atoms with van der Waals surface area (Å²) < 4.78 is 19.8. The lowest BCUT2D eigenvalue weighted by Crippen LogP contribution is -2.58. The van der Waals surface area contributed by atoms with E-state index in [4.69, 9.17) is 4.74 Å². The molecule has 3 aromatic heterocycles. The third-order valence-electron chi connectivity index (χ3n) is 6.29. The van der Waals surface area contributed by atoms with Crippen molar-refractivity contribution in [2.45, 2.75) is 24.3 Å². The molecule has 0 radical (unpaired) electrons. The normalized spacial score (nSPS) is 18.5. The fourth-order valence-corrected chi connectivity index (χ4v) is 5.14. The number of thioether (sulfide) groups is 1. The van der Waals surface area contributed by atoms with Gasteiger partial charge in [-0.05, 0) is 31.5 Å². The second-order valence-electron chi connectivity index (χ2n) is 8.72. The highest BCUT2D eigenvalue weighted by atomic mass is 32.2. The topological polar surface area (TPSA) is 113 Å². The van der Waals surface area contributed by atoms with E-state index in [1.54, 1.807) is 24.3 Å². The predicted molar refractivity (Wildman–Crippen MR) is 133 cm³/mol. The van der Waals surface area contributed by atoms with Gasteiger partial charge in [0, 0.05) is 43.9 Å². The summed E-state index contributed by atoms with van der Waals surface area (Å²) >= 11 is 1.40. The molecule has 1 saturated heterocycles. The van der Waals surface area contributed by atoms with Crippen LogP contribution >= 0.6 is 11.8 Å². The number of nitrogens with one attached hydrogen (secondary N) is 2. The van der Waals surface area contributed by atoms with Crippen LogP contribution in [-0.4, -0.2) is 81.8 Å². The van der Waals surface area contributed by atoms with Gasteiger partial charge in [-0.25, -0.2) is 19.4 Å². The molecule has 36 heavy (non-hydrogen) atoms. The Kier molecular flexibility index (Phi) is 6.99. The third-order valence-corrected chi connectivity index (χ3v) is 7.34. The summed E-state index contributed by atoms with van der Waals surface area (Å²) in [7, 11) is 1.53. The van der Waals surface area contributed by atoms with E-state index in [1.807, 2.05) is 11.9 Å². The number of halogens is 1. The number of methoxy groups -OCH3 is 1. The molecule has 0 aromatic carbocycles. The van der Waals surface area contributed by atoms with E-state index in [0.29, 0.717) is 66.6 Å². The van der Waals surface area contributed by atoms with Gasteiger partial charge in [0.25, 0.3) is 5.91 Å². The SMILES string of the molecule is COc1ccc2ncc(F)c(CCN3CCN(NC(=O)c4ccc5c(n4)NC(=O)CS5)C(C)C3)c2n1. The average molecular weight is 512 g/mol. The molecule has 2 aliphatic rings. The summed E-state index contributed by atoms with van der Waals surface area (Å²) in [5.74, 6) is 0.351. The summed E-state index contributed by atoms with van der Waals surface area (Å²) in [4.78, 5) is 40.4. The molecule has 2 amide bonds. The highest BCUT2D eigenvalue weighted by Crippen LogP contribution is 2.29. The Morgan fingerprint density at radius 1 is 1.28 bits per heavy atom. The van der Waals surface area contributed by atoms with Gasteiger partial charge >= 0.3 is 0 Å². The van der Waals surface area contributed by atoms with Gasteiger partial charge in [0.05, 0.1) is 35.0 Å². The largest absolute Gasteiger partial charge is 0.481 e. The molecular weight excluding hydrogens is 485 g/mol. The molecule has 2 aliphatic heterocycles. The summed E-state index contributed by atoms with van der Waals surface area (Å²) in [5.41, 5.74) is 4.84. The van der Waals surface area contributed by atoms with Gasteiger partial charge in [0.1, 0.15) is 17.3 Å². The molecule has 0 aliphatic carbocycles. The number of pyridine rings is 3. The van der Waals surface area contributed by atoms with E-state index < -0.39 is 0 Å². The molecule has 10 nitrogen and oxygen atoms in total. The van der Waals surface area contributed by atoms with Gasteiger partial charge in [0.2, 0.25) is 11.8 Å². The molecule has 188 valence electrons. The van der Waals surface area contributed by atoms with Gasteiger partial charge in [0.15, 0.2) is 0 Å². The first-order valence-electron chi connectivity index (χ1n) is 11.6. The molecule has 2 N–H and O–H groups in total. The first kappa shape index (κ1) is 24.3. The predicted octanol–water partition coefficient (Wildman–Crippen LogP) is 2.11. The fraction of sp³-hybridized carbons (Fsp3) is 0.375. The monoisotopic (exact) mass is 511 g/mol. The van der Waals surface area contributed by atoms with Crippen LogP contribution in [0.1, 0.15) is 23.0 Å². The van der Waals surface area contributed by atoms with Crippen molar-refractivity contribution in [2.75, 3.05) is 44.4 Å². The zero-order chi connectivity index (χ0) is 25.2. The standard InChI is InChI=1S/C24H26FN7O3S/c1-14-12-31(8-7-15-16(25)11-26-17-4-6-21(35-2)29-22(15)17)9-10-32(14)30-24(34)18-3-5-19-23(27-18)28-20(33)13-36-19/h3-6,11,14H,7-10,12-13H2,1-2H3,(H,30,34)(H,27,28,33). The van der Waals surface area contributed by atoms with Crippen molar-refractivity contribution in [3.8, 4) is 5.88 Å². The Labute approximate surface area is 211 Å². The Bertz CT molecular complexity index is 1320. The van der Waals surface area contributed by atoms with Gasteiger partial charge in [-0.15, -0.1) is 11.8 Å². The Hall–Kier alpha value is -3.35. The van der Waals surface area contributed by atoms with Crippen LogP contribution in [0.2, 0.25) is 0 Å². The maximum Gasteiger partial charge on any atom is 0.284 e. The lowest BCUT2D eigenvalue weighted by Gasteiger charge is -2.39. The lowest BCUT2D eigenvalue weighted by atomic mass is 10.1. The average Bonchev–Trinajstić information content (AvgIpc) is 2.88. The number of fused-ring (bicyclic) bond motifs is 2. The molecule has 0 spiro atoms. The zero-order valence-corrected chi connectivity index (χ0v) is 20.8. The molecule has 1 atom stereocenters. The number of rotatable bonds is 6. The first-order valence-corrected chi connectivity index (χ1v) is 12.6. The second kappa shape index (κ2) is 10.3. The maximum atomic E-state index is 14.6. The Balaban J connectivity index is 1.19. The Morgan fingerprint density at radius 2 is 2.14 bits per heavy atom. The van der Waals surface area contributed by atoms with Crippen molar-refractivity contribution in [2.24, 2.45) is 0 Å². The molecular formula is C24H26FN7O3S. The molecule has 1 unspecified atom stereocenters. The number of amides is 2. The number of ether oxygens (including phenoxy) is 1. The van der Waals surface area contributed by atoms with Gasteiger partial charge < -0.3 is 15.0 Å². The third kappa shape index (κ3) is 5.11. The van der Waals surface area contributed by atoms with Gasteiger partial charge in [-0.2, -0.15) is 0 Å². The van der Waals surface area contributed by atoms with Crippen molar-refractivity contribution in [1.82, 2.24) is 30.3 Å². The fourth-order valence-electron chi connectivity index (χ4n) is 4.38. The van der Waals surface area contributed by atoms with E-state index in [0.717, 1.165) is 4.90 Å². The van der Waals surface area contributed by atoms with E-state index in [9.17, 15) is 14.0 Å². The number of anilines is 1. The van der Waals surface area contributed by atoms with Crippen LogP contribution in [0.4, 0.5) is 10.2 Å². The molecule has 0 bridgehead atoms. The number of carbonyl (C=O) groups excluding carboxylic acids is 2. The van der Waals surface area contributed by atoms with Crippen LogP contribution in [0.3, 0.4) is 0 Å². The number of aromatic nitrogens is 3. The smallest absolute Gasteiger partial charge is 0.284 e. The van der Waals surface area contributed by atoms with Crippen molar-refractivity contribution in [3.05, 3.63) is 47.5 Å². The van der Waals surface area contributed by atoms with Crippen molar-refractivity contribution in [1.29, 1.82) is 0 Å². The minimum atomic E-state index is -0.380. The summed E-state index contributed by atoms with van der Waals surface area (Å²) in [6.07, 6.45) is 1.72. The van der Waals surface area contributed by atoms with Gasteiger partial charge in [-0.3, -0.25) is 20.0 Å². The van der Waals surface area contributed by atoms with Crippen LogP contribution in [-0.2, 0) is 11.2 Å². The highest BCUT2D eigenvalue weighted by molar-refractivity contribution is 8.00. The summed E-state index contributed by atoms with van der Waals surface area (Å²) in [5, 5.41) is 4.60. The minimum Gasteiger partial charge on any atom is -0.481 e. The number of hydrogen-bond donors (Lipinski definition) is 2. The number of nitrogens with zero attached hydrogens (tertiary/aromatic N) is 5. The molecule has 1 fully saturated rings. The molecule has 3 aromatic rings. The van der Waals surface area contributed by atoms with E-state index in [-0.39, 0.29) is 29.4 Å². The van der Waals surface area contributed by atoms with Crippen molar-refractivity contribution in [3.63, 3.8) is 0 Å². The van der Waals surface area contributed by atoms with E-state index >= 15 is 0 Å². The minimum absolute atomic E-state index is 0.0350. The van der Waals surface area contributed by atoms with Crippen LogP contribution in [0.25, 0.3) is 11.0 Å². The number of hydrogen-bond acceptors (Lipinski definition) is 9. The maximum absolute atomic E-state index is 14.6. The summed E-state index contributed by atoms with van der Waals surface area (Å²) in [6.45, 7) is 4.68. The molecule has 5 rings (SSSR count). The zero-order valence-electron chi connectivity index (χ0n) is 20.0. The van der Waals surface area contributed by atoms with Gasteiger partial charge in [-0.1, -0.05) is 0 Å². The summed E-state index contributed by atoms with van der Waals surface area (Å²) in [6, 6.07) is 6.98. The van der Waals surface area contributed by atoms with Crippen molar-refractivity contribution >= 4 is 40.4 Å². The number of piperazine rings is 1. The van der Waals surface area contributed by atoms with E-state index in [1.165, 1.54) is 25.1 Å². The molecule has 12 heteroatoms. The highest BCUT2D eigenvalue weighted by Gasteiger charge is 2.27. The lowest BCUT2D eigenvalue weighted by molar-refractivity contribution is -0.113. The molecule has 5 heterocycles. The second-order valence-corrected chi connectivity index (χ2v) is 9.74. The first-order chi connectivity index (χ1) is 17.4. The molecule has 0 saturated carbocycles. The van der Waals surface area contributed by atoms with Crippen LogP contribution < -0.4 is 15.5 Å². The van der Waals surface area contributed by atoms with Crippen LogP contribution in [0.15, 0.2) is 35.4 Å². The van der Waals surface area contributed by atoms with Crippen LogP contribution in [0.5, 0.6) is 5.88 Å². The Morgan fingerprint density at radius 3 is 2.94 bits per heavy atom. The number of carbonyl (C=O) groups is 2. The van der Waals surface area contributed by atoms with Crippen LogP contribution in [0, 0.1) is 5.82 Å². The number of hydrazine groups is 1. The van der Waals surface area contributed by atoms with E-state index in [2.05, 4.69) is 30.6 Å². The quantitative estimate of drug-likeness (QED) is 0.514. The van der Waals surface area contributed by atoms with Crippen molar-refractivity contribution < 1.29 is 18.7 Å².